The van der Waals surface area contributed by atoms with Crippen molar-refractivity contribution < 1.29 is 0 Å². The lowest BCUT2D eigenvalue weighted by atomic mass is 10.1. The number of benzene rings is 1. The Kier molecular flexibility index (Phi) is 5.49. The molecular formula is C15H26N2. The van der Waals surface area contributed by atoms with Gasteiger partial charge in [-0.15, -0.1) is 0 Å². The molecule has 0 aliphatic heterocycles. The highest BCUT2D eigenvalue weighted by atomic mass is 15.1. The summed E-state index contributed by atoms with van der Waals surface area (Å²) in [7, 11) is 0. The molecule has 0 amide bonds. The molecule has 0 heterocycles. The maximum atomic E-state index is 5.67. The van der Waals surface area contributed by atoms with E-state index in [0.29, 0.717) is 6.54 Å². The third-order valence-corrected chi connectivity index (χ3v) is 3.45. The van der Waals surface area contributed by atoms with Gasteiger partial charge in [-0.3, -0.25) is 0 Å². The van der Waals surface area contributed by atoms with Gasteiger partial charge in [0.25, 0.3) is 0 Å². The summed E-state index contributed by atoms with van der Waals surface area (Å²) in [6, 6.07) is 6.56. The first-order chi connectivity index (χ1) is 8.12. The fourth-order valence-corrected chi connectivity index (χ4v) is 2.10. The molecule has 96 valence electrons. The van der Waals surface area contributed by atoms with Gasteiger partial charge in [-0.05, 0) is 37.0 Å². The molecule has 2 heteroatoms. The molecule has 0 saturated heterocycles. The molecule has 0 aromatic heterocycles. The largest absolute Gasteiger partial charge is 0.371 e. The molecule has 2 nitrogen and oxygen atoms in total. The van der Waals surface area contributed by atoms with Gasteiger partial charge in [0.05, 0.1) is 0 Å². The Balaban J connectivity index is 2.88. The van der Waals surface area contributed by atoms with Gasteiger partial charge in [0, 0.05) is 25.3 Å². The van der Waals surface area contributed by atoms with Gasteiger partial charge in [0.15, 0.2) is 0 Å². The van der Waals surface area contributed by atoms with Gasteiger partial charge in [-0.2, -0.15) is 0 Å². The van der Waals surface area contributed by atoms with E-state index in [1.165, 1.54) is 23.2 Å². The predicted octanol–water partition coefficient (Wildman–Crippen LogP) is 3.33. The minimum atomic E-state index is 0.624. The maximum Gasteiger partial charge on any atom is 0.0396 e. The summed E-state index contributed by atoms with van der Waals surface area (Å²) in [5.74, 6) is 0.739. The van der Waals surface area contributed by atoms with E-state index in [2.05, 4.69) is 50.8 Å². The maximum absolute atomic E-state index is 5.67. The minimum absolute atomic E-state index is 0.624. The van der Waals surface area contributed by atoms with E-state index in [9.17, 15) is 0 Å². The van der Waals surface area contributed by atoms with Crippen LogP contribution in [0.5, 0.6) is 0 Å². The van der Waals surface area contributed by atoms with E-state index in [-0.39, 0.29) is 0 Å². The van der Waals surface area contributed by atoms with E-state index < -0.39 is 0 Å². The second-order valence-electron chi connectivity index (χ2n) is 4.88. The van der Waals surface area contributed by atoms with Crippen LogP contribution in [0.3, 0.4) is 0 Å². The molecule has 0 fully saturated rings. The molecule has 1 unspecified atom stereocenters. The first-order valence-electron chi connectivity index (χ1n) is 6.66. The fraction of sp³-hybridized carbons (Fsp3) is 0.600. The second-order valence-corrected chi connectivity index (χ2v) is 4.88. The highest BCUT2D eigenvalue weighted by molar-refractivity contribution is 5.54. The van der Waals surface area contributed by atoms with Crippen molar-refractivity contribution in [2.24, 2.45) is 11.7 Å². The summed E-state index contributed by atoms with van der Waals surface area (Å²) in [6.45, 7) is 11.8. The summed E-state index contributed by atoms with van der Waals surface area (Å²) in [5.41, 5.74) is 9.56. The average Bonchev–Trinajstić information content (AvgIpc) is 2.35. The van der Waals surface area contributed by atoms with Gasteiger partial charge >= 0.3 is 0 Å². The minimum Gasteiger partial charge on any atom is -0.371 e. The van der Waals surface area contributed by atoms with Crippen molar-refractivity contribution in [1.29, 1.82) is 0 Å². The Hall–Kier alpha value is -1.02. The topological polar surface area (TPSA) is 29.3 Å². The SMILES string of the molecule is CCC(C)CN(CC)c1ccc(CN)cc1C. The third kappa shape index (κ3) is 3.74. The summed E-state index contributed by atoms with van der Waals surface area (Å²) < 4.78 is 0. The molecule has 0 saturated carbocycles. The quantitative estimate of drug-likeness (QED) is 0.818. The molecule has 0 aliphatic rings. The van der Waals surface area contributed by atoms with Crippen molar-refractivity contribution in [2.75, 3.05) is 18.0 Å². The van der Waals surface area contributed by atoms with Crippen LogP contribution in [0.1, 0.15) is 38.3 Å². The first kappa shape index (κ1) is 14.0. The zero-order chi connectivity index (χ0) is 12.8. The Morgan fingerprint density at radius 1 is 1.29 bits per heavy atom. The second kappa shape index (κ2) is 6.65. The van der Waals surface area contributed by atoms with E-state index in [0.717, 1.165) is 19.0 Å². The number of aryl methyl sites for hydroxylation is 1. The lowest BCUT2D eigenvalue weighted by molar-refractivity contribution is 0.547. The molecule has 0 spiro atoms. The highest BCUT2D eigenvalue weighted by Crippen LogP contribution is 2.22. The van der Waals surface area contributed by atoms with Crippen LogP contribution in [0.25, 0.3) is 0 Å². The molecule has 1 aromatic carbocycles. The van der Waals surface area contributed by atoms with Crippen molar-refractivity contribution >= 4 is 5.69 Å². The zero-order valence-corrected chi connectivity index (χ0v) is 11.7. The Morgan fingerprint density at radius 3 is 2.47 bits per heavy atom. The number of nitrogens with zero attached hydrogens (tertiary/aromatic N) is 1. The van der Waals surface area contributed by atoms with Crippen molar-refractivity contribution in [1.82, 2.24) is 0 Å². The Morgan fingerprint density at radius 2 is 2.00 bits per heavy atom. The van der Waals surface area contributed by atoms with E-state index in [1.54, 1.807) is 0 Å². The molecule has 2 N–H and O–H groups in total. The summed E-state index contributed by atoms with van der Waals surface area (Å²) in [6.07, 6.45) is 1.23. The summed E-state index contributed by atoms with van der Waals surface area (Å²) in [4.78, 5) is 2.46. The van der Waals surface area contributed by atoms with Gasteiger partial charge < -0.3 is 10.6 Å². The highest BCUT2D eigenvalue weighted by Gasteiger charge is 2.10. The predicted molar refractivity (Wildman–Crippen MR) is 76.4 cm³/mol. The molecule has 1 atom stereocenters. The van der Waals surface area contributed by atoms with Gasteiger partial charge in [0.2, 0.25) is 0 Å². The number of hydrogen-bond acceptors (Lipinski definition) is 2. The van der Waals surface area contributed by atoms with Crippen LogP contribution in [0.4, 0.5) is 5.69 Å². The van der Waals surface area contributed by atoms with Crippen LogP contribution in [-0.4, -0.2) is 13.1 Å². The van der Waals surface area contributed by atoms with Crippen molar-refractivity contribution in [3.8, 4) is 0 Å². The molecule has 0 aliphatic carbocycles. The van der Waals surface area contributed by atoms with Crippen molar-refractivity contribution in [2.45, 2.75) is 40.7 Å². The van der Waals surface area contributed by atoms with Crippen LogP contribution in [0.15, 0.2) is 18.2 Å². The van der Waals surface area contributed by atoms with Crippen LogP contribution in [0.2, 0.25) is 0 Å². The number of anilines is 1. The summed E-state index contributed by atoms with van der Waals surface area (Å²) in [5, 5.41) is 0. The monoisotopic (exact) mass is 234 g/mol. The molecular weight excluding hydrogens is 208 g/mol. The van der Waals surface area contributed by atoms with Crippen LogP contribution < -0.4 is 10.6 Å². The zero-order valence-electron chi connectivity index (χ0n) is 11.7. The van der Waals surface area contributed by atoms with E-state index in [4.69, 9.17) is 5.73 Å². The normalized spacial score (nSPS) is 12.5. The van der Waals surface area contributed by atoms with Gasteiger partial charge in [0.1, 0.15) is 0 Å². The van der Waals surface area contributed by atoms with Gasteiger partial charge in [-0.25, -0.2) is 0 Å². The smallest absolute Gasteiger partial charge is 0.0396 e. The third-order valence-electron chi connectivity index (χ3n) is 3.45. The molecule has 0 radical (unpaired) electrons. The van der Waals surface area contributed by atoms with Gasteiger partial charge in [-0.1, -0.05) is 32.4 Å². The Bertz CT molecular complexity index is 347. The van der Waals surface area contributed by atoms with E-state index >= 15 is 0 Å². The number of rotatable bonds is 6. The average molecular weight is 234 g/mol. The Labute approximate surface area is 106 Å². The molecule has 1 aromatic rings. The van der Waals surface area contributed by atoms with Crippen molar-refractivity contribution in [3.05, 3.63) is 29.3 Å². The molecule has 0 bridgehead atoms. The van der Waals surface area contributed by atoms with Crippen LogP contribution in [-0.2, 0) is 6.54 Å². The lowest BCUT2D eigenvalue weighted by Gasteiger charge is -2.28. The van der Waals surface area contributed by atoms with E-state index in [1.807, 2.05) is 0 Å². The fourth-order valence-electron chi connectivity index (χ4n) is 2.10. The van der Waals surface area contributed by atoms with Crippen molar-refractivity contribution in [3.63, 3.8) is 0 Å². The first-order valence-corrected chi connectivity index (χ1v) is 6.66. The number of hydrogen-bond donors (Lipinski definition) is 1. The lowest BCUT2D eigenvalue weighted by Crippen LogP contribution is -2.28. The van der Waals surface area contributed by atoms with Crippen LogP contribution in [0, 0.1) is 12.8 Å². The molecule has 1 rings (SSSR count). The summed E-state index contributed by atoms with van der Waals surface area (Å²) >= 11 is 0. The van der Waals surface area contributed by atoms with Crippen LogP contribution >= 0.6 is 0 Å². The molecule has 17 heavy (non-hydrogen) atoms. The standard InChI is InChI=1S/C15H26N2/c1-5-12(3)11-17(6-2)15-8-7-14(10-16)9-13(15)4/h7-9,12H,5-6,10-11,16H2,1-4H3. The number of nitrogens with two attached hydrogens (primary N) is 1.